The SMILES string of the molecule is Cc1ccnc(Oc2ccc(B3OC(C)(C)C4(O3)C(C)[C@@H]4C)cc2F)n1. The van der Waals surface area contributed by atoms with E-state index in [1.807, 2.05) is 20.8 Å². The first-order valence-corrected chi connectivity index (χ1v) is 8.87. The summed E-state index contributed by atoms with van der Waals surface area (Å²) in [5.74, 6) is 0.386. The monoisotopic (exact) mass is 356 g/mol. The van der Waals surface area contributed by atoms with Gasteiger partial charge in [0.1, 0.15) is 0 Å². The molecule has 1 saturated heterocycles. The van der Waals surface area contributed by atoms with E-state index in [0.717, 1.165) is 5.69 Å². The summed E-state index contributed by atoms with van der Waals surface area (Å²) in [6, 6.07) is 6.57. The minimum atomic E-state index is -0.587. The third-order valence-electron chi connectivity index (χ3n) is 5.84. The second kappa shape index (κ2) is 5.76. The first-order valence-electron chi connectivity index (χ1n) is 8.87. The summed E-state index contributed by atoms with van der Waals surface area (Å²) in [4.78, 5) is 8.11. The summed E-state index contributed by atoms with van der Waals surface area (Å²) >= 11 is 0. The zero-order chi connectivity index (χ0) is 18.7. The van der Waals surface area contributed by atoms with Crippen molar-refractivity contribution in [3.8, 4) is 11.8 Å². The molecule has 0 amide bonds. The van der Waals surface area contributed by atoms with Gasteiger partial charge in [-0.15, -0.1) is 0 Å². The zero-order valence-electron chi connectivity index (χ0n) is 15.6. The number of ether oxygens (including phenoxy) is 1. The van der Waals surface area contributed by atoms with Crippen LogP contribution in [0.1, 0.15) is 33.4 Å². The molecule has 0 N–H and O–H groups in total. The van der Waals surface area contributed by atoms with E-state index in [9.17, 15) is 4.39 Å². The molecule has 2 aromatic rings. The third kappa shape index (κ3) is 2.53. The first-order chi connectivity index (χ1) is 12.2. The molecule has 136 valence electrons. The Kier molecular flexibility index (Phi) is 3.86. The molecule has 5 nitrogen and oxygen atoms in total. The maximum absolute atomic E-state index is 14.6. The van der Waals surface area contributed by atoms with Crippen molar-refractivity contribution < 1.29 is 18.4 Å². The van der Waals surface area contributed by atoms with Gasteiger partial charge in [0.2, 0.25) is 0 Å². The average molecular weight is 356 g/mol. The summed E-state index contributed by atoms with van der Waals surface area (Å²) in [5.41, 5.74) is 0.659. The van der Waals surface area contributed by atoms with Crippen LogP contribution in [0.4, 0.5) is 4.39 Å². The highest BCUT2D eigenvalue weighted by molar-refractivity contribution is 6.62. The molecule has 1 saturated carbocycles. The number of hydrogen-bond acceptors (Lipinski definition) is 5. The van der Waals surface area contributed by atoms with Gasteiger partial charge in [-0.3, -0.25) is 0 Å². The molecule has 2 fully saturated rings. The predicted molar refractivity (Wildman–Crippen MR) is 95.9 cm³/mol. The fourth-order valence-corrected chi connectivity index (χ4v) is 4.21. The van der Waals surface area contributed by atoms with E-state index in [1.54, 1.807) is 24.4 Å². The van der Waals surface area contributed by atoms with Crippen molar-refractivity contribution >= 4 is 12.6 Å². The van der Waals surface area contributed by atoms with Crippen LogP contribution in [0.25, 0.3) is 0 Å². The highest BCUT2D eigenvalue weighted by Crippen LogP contribution is 2.63. The molecule has 1 aliphatic carbocycles. The second-order valence-electron chi connectivity index (χ2n) is 7.72. The molecule has 3 atom stereocenters. The van der Waals surface area contributed by atoms with Gasteiger partial charge in [0.25, 0.3) is 0 Å². The number of halogens is 1. The standard InChI is InChI=1S/C19H22BFN2O3/c1-11-8-9-22-17(23-11)24-16-7-6-14(10-15(16)21)20-25-18(4,5)19(26-20)12(2)13(19)3/h6-10,12-13H,1-5H3/t12-,13?,19?/m0/s1. The van der Waals surface area contributed by atoms with Crippen LogP contribution in [0.3, 0.4) is 0 Å². The summed E-state index contributed by atoms with van der Waals surface area (Å²) < 4.78 is 32.4. The minimum absolute atomic E-state index is 0.0690. The topological polar surface area (TPSA) is 53.5 Å². The van der Waals surface area contributed by atoms with Gasteiger partial charge in [0.15, 0.2) is 11.6 Å². The van der Waals surface area contributed by atoms with Crippen LogP contribution in [0, 0.1) is 24.6 Å². The Morgan fingerprint density at radius 3 is 2.46 bits per heavy atom. The van der Waals surface area contributed by atoms with Crippen LogP contribution in [0.5, 0.6) is 11.8 Å². The summed E-state index contributed by atoms with van der Waals surface area (Å²) in [7, 11) is -0.587. The van der Waals surface area contributed by atoms with Crippen LogP contribution >= 0.6 is 0 Å². The molecule has 2 heterocycles. The van der Waals surface area contributed by atoms with Crippen LogP contribution in [0.2, 0.25) is 0 Å². The van der Waals surface area contributed by atoms with Crippen molar-refractivity contribution in [3.63, 3.8) is 0 Å². The van der Waals surface area contributed by atoms with E-state index >= 15 is 0 Å². The van der Waals surface area contributed by atoms with Gasteiger partial charge in [-0.2, -0.15) is 0 Å². The molecule has 4 rings (SSSR count). The largest absolute Gasteiger partial charge is 0.494 e. The molecule has 2 unspecified atom stereocenters. The van der Waals surface area contributed by atoms with E-state index < -0.39 is 18.5 Å². The fourth-order valence-electron chi connectivity index (χ4n) is 4.21. The smallest absolute Gasteiger partial charge is 0.421 e. The van der Waals surface area contributed by atoms with Crippen LogP contribution < -0.4 is 10.2 Å². The Labute approximate surface area is 153 Å². The number of aryl methyl sites for hydroxylation is 1. The lowest BCUT2D eigenvalue weighted by molar-refractivity contribution is 0.0365. The molecule has 26 heavy (non-hydrogen) atoms. The van der Waals surface area contributed by atoms with Crippen molar-refractivity contribution in [2.45, 2.75) is 45.8 Å². The number of benzene rings is 1. The molecular formula is C19H22BFN2O3. The van der Waals surface area contributed by atoms with E-state index in [0.29, 0.717) is 17.3 Å². The van der Waals surface area contributed by atoms with E-state index in [1.165, 1.54) is 6.07 Å². The number of rotatable bonds is 3. The molecule has 1 aromatic carbocycles. The highest BCUT2D eigenvalue weighted by Gasteiger charge is 2.74. The fraction of sp³-hybridized carbons (Fsp3) is 0.474. The summed E-state index contributed by atoms with van der Waals surface area (Å²) in [6.07, 6.45) is 1.57. The van der Waals surface area contributed by atoms with Crippen molar-refractivity contribution in [1.82, 2.24) is 9.97 Å². The van der Waals surface area contributed by atoms with Crippen LogP contribution in [-0.2, 0) is 9.31 Å². The van der Waals surface area contributed by atoms with Gasteiger partial charge in [0.05, 0.1) is 11.2 Å². The molecular weight excluding hydrogens is 334 g/mol. The van der Waals surface area contributed by atoms with E-state index in [4.69, 9.17) is 14.0 Å². The molecule has 0 bridgehead atoms. The zero-order valence-corrected chi connectivity index (χ0v) is 15.6. The lowest BCUT2D eigenvalue weighted by atomic mass is 9.79. The number of nitrogens with zero attached hydrogens (tertiary/aromatic N) is 2. The molecule has 1 spiro atoms. The minimum Gasteiger partial charge on any atom is -0.421 e. The second-order valence-corrected chi connectivity index (χ2v) is 7.72. The molecule has 1 aliphatic heterocycles. The Morgan fingerprint density at radius 1 is 1.15 bits per heavy atom. The first kappa shape index (κ1) is 17.4. The number of aromatic nitrogens is 2. The maximum atomic E-state index is 14.6. The Hall–Kier alpha value is -1.99. The molecule has 7 heteroatoms. The van der Waals surface area contributed by atoms with Gasteiger partial charge in [0, 0.05) is 11.9 Å². The van der Waals surface area contributed by atoms with E-state index in [2.05, 4.69) is 23.8 Å². The molecule has 2 aliphatic rings. The van der Waals surface area contributed by atoms with Gasteiger partial charge in [-0.1, -0.05) is 19.9 Å². The Morgan fingerprint density at radius 2 is 1.88 bits per heavy atom. The van der Waals surface area contributed by atoms with Crippen molar-refractivity contribution in [2.24, 2.45) is 11.8 Å². The number of hydrogen-bond donors (Lipinski definition) is 0. The van der Waals surface area contributed by atoms with Crippen LogP contribution in [0.15, 0.2) is 30.5 Å². The lowest BCUT2D eigenvalue weighted by Gasteiger charge is -2.26. The van der Waals surface area contributed by atoms with Gasteiger partial charge >= 0.3 is 13.1 Å². The summed E-state index contributed by atoms with van der Waals surface area (Å²) in [5, 5.41) is 0. The average Bonchev–Trinajstić information content (AvgIpc) is 2.97. The Bertz CT molecular complexity index is 852. The lowest BCUT2D eigenvalue weighted by Crippen LogP contribution is -2.37. The maximum Gasteiger partial charge on any atom is 0.494 e. The van der Waals surface area contributed by atoms with Crippen LogP contribution in [-0.4, -0.2) is 28.3 Å². The van der Waals surface area contributed by atoms with Crippen molar-refractivity contribution in [2.75, 3.05) is 0 Å². The quantitative estimate of drug-likeness (QED) is 0.791. The van der Waals surface area contributed by atoms with E-state index in [-0.39, 0.29) is 17.4 Å². The molecule has 0 radical (unpaired) electrons. The van der Waals surface area contributed by atoms with Gasteiger partial charge in [-0.05, 0) is 56.3 Å². The normalized spacial score (nSPS) is 29.2. The predicted octanol–water partition coefficient (Wildman–Crippen LogP) is 3.26. The van der Waals surface area contributed by atoms with Crippen molar-refractivity contribution in [3.05, 3.63) is 42.0 Å². The Balaban J connectivity index is 1.55. The summed E-state index contributed by atoms with van der Waals surface area (Å²) in [6.45, 7) is 10.2. The van der Waals surface area contributed by atoms with Gasteiger partial charge in [-0.25, -0.2) is 14.4 Å². The third-order valence-corrected chi connectivity index (χ3v) is 5.84. The van der Waals surface area contributed by atoms with Gasteiger partial charge < -0.3 is 14.0 Å². The van der Waals surface area contributed by atoms with Crippen molar-refractivity contribution in [1.29, 1.82) is 0 Å². The highest BCUT2D eigenvalue weighted by atomic mass is 19.1. The molecule has 1 aromatic heterocycles.